The summed E-state index contributed by atoms with van der Waals surface area (Å²) in [4.78, 5) is 0. The fourth-order valence-electron chi connectivity index (χ4n) is 4.05. The van der Waals surface area contributed by atoms with Gasteiger partial charge in [0.05, 0.1) is 18.8 Å². The summed E-state index contributed by atoms with van der Waals surface area (Å²) in [7, 11) is 2.69. The summed E-state index contributed by atoms with van der Waals surface area (Å²) >= 11 is 3.53. The van der Waals surface area contributed by atoms with Crippen molar-refractivity contribution >= 4 is 12.6 Å². The lowest BCUT2D eigenvalue weighted by Crippen LogP contribution is -2.34. The van der Waals surface area contributed by atoms with E-state index < -0.39 is 0 Å². The van der Waals surface area contributed by atoms with Gasteiger partial charge in [0.1, 0.15) is 5.75 Å². The molecule has 1 aliphatic heterocycles. The van der Waals surface area contributed by atoms with Gasteiger partial charge in [-0.05, 0) is 59.6 Å². The number of aryl methyl sites for hydroxylation is 1. The molecule has 3 aromatic rings. The Balaban J connectivity index is 0.00000106. The zero-order chi connectivity index (χ0) is 27.6. The first-order valence-corrected chi connectivity index (χ1v) is 13.6. The maximum absolute atomic E-state index is 9.54. The van der Waals surface area contributed by atoms with E-state index in [4.69, 9.17) is 19.3 Å². The van der Waals surface area contributed by atoms with Gasteiger partial charge in [0, 0.05) is 27.1 Å². The van der Waals surface area contributed by atoms with Crippen molar-refractivity contribution in [1.82, 2.24) is 0 Å². The summed E-state index contributed by atoms with van der Waals surface area (Å²) in [6.45, 7) is 6.72. The van der Waals surface area contributed by atoms with Gasteiger partial charge in [0.2, 0.25) is 0 Å². The second-order valence-electron chi connectivity index (χ2n) is 8.21. The van der Waals surface area contributed by atoms with Crippen molar-refractivity contribution in [2.24, 2.45) is 0 Å². The van der Waals surface area contributed by atoms with Crippen molar-refractivity contribution in [2.45, 2.75) is 65.1 Å². The molecule has 0 bridgehead atoms. The van der Waals surface area contributed by atoms with E-state index >= 15 is 0 Å². The molecule has 4 rings (SSSR count). The van der Waals surface area contributed by atoms with Crippen LogP contribution in [0.1, 0.15) is 60.6 Å². The molecule has 1 saturated heterocycles. The molecule has 3 unspecified atom stereocenters. The molecule has 6 heteroatoms. The number of thiol groups is 1. The van der Waals surface area contributed by atoms with Gasteiger partial charge in [-0.1, -0.05) is 74.5 Å². The van der Waals surface area contributed by atoms with E-state index in [0.29, 0.717) is 6.61 Å². The van der Waals surface area contributed by atoms with Crippen LogP contribution < -0.4 is 0 Å². The highest BCUT2D eigenvalue weighted by Gasteiger charge is 2.31. The third kappa shape index (κ3) is 10.9. The maximum Gasteiger partial charge on any atom is 0.160 e. The Morgan fingerprint density at radius 1 is 0.892 bits per heavy atom. The fourth-order valence-corrected chi connectivity index (χ4v) is 4.05. The van der Waals surface area contributed by atoms with Gasteiger partial charge < -0.3 is 24.4 Å². The molecule has 3 aromatic carbocycles. The SMILES string of the molecule is CC.CO.COC1CC(OCc2ccccc2)CC(c2ccc(C)c(Cc3ccc(O)cc3)c2)O1.CS. The molecule has 1 aliphatic rings. The van der Waals surface area contributed by atoms with E-state index in [2.05, 4.69) is 49.9 Å². The zero-order valence-corrected chi connectivity index (χ0v) is 23.9. The van der Waals surface area contributed by atoms with Crippen molar-refractivity contribution < 1.29 is 24.4 Å². The van der Waals surface area contributed by atoms with Crippen LogP contribution in [0.3, 0.4) is 0 Å². The van der Waals surface area contributed by atoms with Crippen LogP contribution in [-0.2, 0) is 27.2 Å². The number of aliphatic hydroxyl groups is 1. The van der Waals surface area contributed by atoms with Gasteiger partial charge in [-0.25, -0.2) is 0 Å². The Morgan fingerprint density at radius 3 is 2.16 bits per heavy atom. The third-order valence-corrected chi connectivity index (χ3v) is 5.92. The third-order valence-electron chi connectivity index (χ3n) is 5.92. The predicted molar refractivity (Wildman–Crippen MR) is 155 cm³/mol. The fraction of sp³-hybridized carbons (Fsp3) is 0.419. The van der Waals surface area contributed by atoms with E-state index in [1.807, 2.05) is 44.2 Å². The van der Waals surface area contributed by atoms with Crippen molar-refractivity contribution in [3.8, 4) is 5.75 Å². The molecule has 204 valence electrons. The number of aliphatic hydroxyl groups excluding tert-OH is 1. The highest BCUT2D eigenvalue weighted by molar-refractivity contribution is 7.79. The van der Waals surface area contributed by atoms with Crippen LogP contribution in [0.2, 0.25) is 0 Å². The lowest BCUT2D eigenvalue weighted by molar-refractivity contribution is -0.214. The molecule has 1 fully saturated rings. The van der Waals surface area contributed by atoms with Crippen LogP contribution in [0, 0.1) is 6.92 Å². The highest BCUT2D eigenvalue weighted by Crippen LogP contribution is 2.34. The molecule has 3 atom stereocenters. The van der Waals surface area contributed by atoms with Gasteiger partial charge in [-0.2, -0.15) is 12.6 Å². The standard InChI is InChI=1S/C27H30O4.C2H6.CH4O.CH4S/c1-19-8-11-22(15-23(19)14-20-9-12-24(28)13-10-20)26-16-25(17-27(29-2)31-26)30-18-21-6-4-3-5-7-21;3*1-2/h3-13,15,25-28H,14,16-18H2,1-2H3;1-2H3;2*2H,1H3. The molecule has 37 heavy (non-hydrogen) atoms. The van der Waals surface area contributed by atoms with Crippen LogP contribution in [0.4, 0.5) is 0 Å². The van der Waals surface area contributed by atoms with E-state index in [1.54, 1.807) is 25.5 Å². The Kier molecular flexibility index (Phi) is 16.6. The number of aromatic hydroxyl groups is 1. The monoisotopic (exact) mass is 528 g/mol. The minimum absolute atomic E-state index is 0.0707. The first kappa shape index (κ1) is 32.7. The summed E-state index contributed by atoms with van der Waals surface area (Å²) < 4.78 is 18.0. The average Bonchev–Trinajstić information content (AvgIpc) is 2.98. The number of phenolic OH excluding ortho intramolecular Hbond substituents is 1. The van der Waals surface area contributed by atoms with Crippen LogP contribution in [-0.4, -0.2) is 43.1 Å². The number of benzene rings is 3. The summed E-state index contributed by atoms with van der Waals surface area (Å²) in [6, 6.07) is 24.2. The van der Waals surface area contributed by atoms with Crippen LogP contribution in [0.15, 0.2) is 72.8 Å². The molecular formula is C31H44O5S. The van der Waals surface area contributed by atoms with Crippen LogP contribution in [0.5, 0.6) is 5.75 Å². The number of ether oxygens (including phenoxy) is 3. The van der Waals surface area contributed by atoms with Gasteiger partial charge in [-0.3, -0.25) is 0 Å². The molecule has 1 heterocycles. The highest BCUT2D eigenvalue weighted by atomic mass is 32.1. The van der Waals surface area contributed by atoms with E-state index in [0.717, 1.165) is 31.9 Å². The first-order valence-electron chi connectivity index (χ1n) is 12.7. The van der Waals surface area contributed by atoms with Gasteiger partial charge in [0.25, 0.3) is 0 Å². The molecule has 0 spiro atoms. The average molecular weight is 529 g/mol. The molecule has 0 aromatic heterocycles. The summed E-state index contributed by atoms with van der Waals surface area (Å²) in [5.74, 6) is 0.289. The van der Waals surface area contributed by atoms with E-state index in [9.17, 15) is 5.11 Å². The van der Waals surface area contributed by atoms with Crippen LogP contribution in [0.25, 0.3) is 0 Å². The summed E-state index contributed by atoms with van der Waals surface area (Å²) in [5.41, 5.74) is 5.99. The maximum atomic E-state index is 9.54. The summed E-state index contributed by atoms with van der Waals surface area (Å²) in [6.07, 6.45) is 3.76. The zero-order valence-electron chi connectivity index (χ0n) is 23.1. The van der Waals surface area contributed by atoms with E-state index in [-0.39, 0.29) is 24.2 Å². The Bertz CT molecular complexity index is 979. The number of phenols is 1. The smallest absolute Gasteiger partial charge is 0.160 e. The normalized spacial score (nSPS) is 18.2. The molecule has 0 radical (unpaired) electrons. The Morgan fingerprint density at radius 2 is 1.54 bits per heavy atom. The van der Waals surface area contributed by atoms with E-state index in [1.165, 1.54) is 22.3 Å². The van der Waals surface area contributed by atoms with Crippen molar-refractivity contribution in [3.05, 3.63) is 101 Å². The van der Waals surface area contributed by atoms with Crippen LogP contribution >= 0.6 is 12.6 Å². The molecule has 0 saturated carbocycles. The lowest BCUT2D eigenvalue weighted by Gasteiger charge is -2.35. The minimum atomic E-state index is -0.277. The molecule has 0 amide bonds. The number of rotatable bonds is 7. The van der Waals surface area contributed by atoms with Gasteiger partial charge >= 0.3 is 0 Å². The van der Waals surface area contributed by atoms with Crippen molar-refractivity contribution in [2.75, 3.05) is 20.5 Å². The Labute approximate surface area is 228 Å². The number of hydrogen-bond acceptors (Lipinski definition) is 6. The van der Waals surface area contributed by atoms with Crippen molar-refractivity contribution in [3.63, 3.8) is 0 Å². The molecule has 5 nitrogen and oxygen atoms in total. The molecule has 2 N–H and O–H groups in total. The topological polar surface area (TPSA) is 68.2 Å². The number of hydrogen-bond donors (Lipinski definition) is 3. The first-order chi connectivity index (χ1) is 18.1. The number of methoxy groups -OCH3 is 1. The lowest BCUT2D eigenvalue weighted by atomic mass is 9.93. The van der Waals surface area contributed by atoms with Gasteiger partial charge in [-0.15, -0.1) is 0 Å². The second-order valence-corrected chi connectivity index (χ2v) is 8.21. The predicted octanol–water partition coefficient (Wildman–Crippen LogP) is 6.88. The van der Waals surface area contributed by atoms with Gasteiger partial charge in [0.15, 0.2) is 6.29 Å². The Hall–Kier alpha value is -2.35. The largest absolute Gasteiger partial charge is 0.508 e. The van der Waals surface area contributed by atoms with Crippen molar-refractivity contribution in [1.29, 1.82) is 0 Å². The quantitative estimate of drug-likeness (QED) is 0.292. The minimum Gasteiger partial charge on any atom is -0.508 e. The molecule has 0 aliphatic carbocycles. The molecular weight excluding hydrogens is 484 g/mol. The second kappa shape index (κ2) is 18.8. The summed E-state index contributed by atoms with van der Waals surface area (Å²) in [5, 5.41) is 16.5.